The number of hydrogen-bond acceptors (Lipinski definition) is 1. The fraction of sp³-hybridized carbons (Fsp3) is 0.500. The highest BCUT2D eigenvalue weighted by Crippen LogP contribution is 2.35. The van der Waals surface area contributed by atoms with Crippen LogP contribution >= 0.6 is 8.81 Å². The molecule has 1 aromatic carbocycles. The molecule has 0 fully saturated rings. The van der Waals surface area contributed by atoms with E-state index in [1.54, 1.807) is 0 Å². The maximum Gasteiger partial charge on any atom is 0.126 e. The van der Waals surface area contributed by atoms with Crippen LogP contribution in [0, 0.1) is 13.8 Å². The SMILES string of the molecule is Cc1cccc(OPC(C)(C)C)c1C. The third-order valence-electron chi connectivity index (χ3n) is 2.02. The molecule has 0 aliphatic heterocycles. The van der Waals surface area contributed by atoms with Crippen LogP contribution in [0.3, 0.4) is 0 Å². The van der Waals surface area contributed by atoms with Crippen LogP contribution < -0.4 is 4.52 Å². The summed E-state index contributed by atoms with van der Waals surface area (Å²) in [7, 11) is 0.512. The Morgan fingerprint density at radius 2 is 1.79 bits per heavy atom. The second-order valence-corrected chi connectivity index (χ2v) is 6.56. The van der Waals surface area contributed by atoms with Gasteiger partial charge in [-0.2, -0.15) is 0 Å². The lowest BCUT2D eigenvalue weighted by molar-refractivity contribution is 0.590. The molecule has 1 unspecified atom stereocenters. The van der Waals surface area contributed by atoms with Crippen molar-refractivity contribution in [1.29, 1.82) is 0 Å². The molecule has 0 saturated carbocycles. The Balaban J connectivity index is 2.73. The summed E-state index contributed by atoms with van der Waals surface area (Å²) in [5.41, 5.74) is 2.55. The quantitative estimate of drug-likeness (QED) is 0.668. The Morgan fingerprint density at radius 1 is 1.14 bits per heavy atom. The Labute approximate surface area is 88.7 Å². The first-order valence-corrected chi connectivity index (χ1v) is 5.81. The van der Waals surface area contributed by atoms with E-state index in [9.17, 15) is 0 Å². The summed E-state index contributed by atoms with van der Waals surface area (Å²) in [5.74, 6) is 1.03. The summed E-state index contributed by atoms with van der Waals surface area (Å²) in [5, 5.41) is 0.246. The van der Waals surface area contributed by atoms with Crippen LogP contribution in [-0.2, 0) is 0 Å². The first kappa shape index (κ1) is 11.5. The van der Waals surface area contributed by atoms with Crippen LogP contribution in [0.1, 0.15) is 31.9 Å². The molecule has 0 aliphatic rings. The number of hydrogen-bond donors (Lipinski definition) is 0. The molecule has 0 aliphatic carbocycles. The van der Waals surface area contributed by atoms with Crippen LogP contribution in [0.25, 0.3) is 0 Å². The van der Waals surface area contributed by atoms with E-state index in [1.807, 2.05) is 12.1 Å². The maximum atomic E-state index is 5.81. The van der Waals surface area contributed by atoms with E-state index in [4.69, 9.17) is 4.52 Å². The fourth-order valence-electron chi connectivity index (χ4n) is 1.04. The molecule has 2 heteroatoms. The van der Waals surface area contributed by atoms with E-state index >= 15 is 0 Å². The second-order valence-electron chi connectivity index (χ2n) is 4.65. The smallest absolute Gasteiger partial charge is 0.126 e. The van der Waals surface area contributed by atoms with Gasteiger partial charge in [0.05, 0.1) is 8.81 Å². The monoisotopic (exact) mass is 210 g/mol. The molecule has 14 heavy (non-hydrogen) atoms. The average molecular weight is 210 g/mol. The molecule has 78 valence electrons. The van der Waals surface area contributed by atoms with E-state index in [0.717, 1.165) is 5.75 Å². The Morgan fingerprint density at radius 3 is 2.36 bits per heavy atom. The summed E-state index contributed by atoms with van der Waals surface area (Å²) in [4.78, 5) is 0. The van der Waals surface area contributed by atoms with Gasteiger partial charge in [-0.3, -0.25) is 0 Å². The predicted octanol–water partition coefficient (Wildman–Crippen LogP) is 4.07. The molecule has 0 N–H and O–H groups in total. The average Bonchev–Trinajstić information content (AvgIpc) is 2.06. The first-order valence-electron chi connectivity index (χ1n) is 4.90. The van der Waals surface area contributed by atoms with E-state index in [2.05, 4.69) is 40.7 Å². The van der Waals surface area contributed by atoms with E-state index < -0.39 is 0 Å². The van der Waals surface area contributed by atoms with Crippen molar-refractivity contribution in [2.75, 3.05) is 0 Å². The maximum absolute atomic E-state index is 5.81. The van der Waals surface area contributed by atoms with E-state index in [1.165, 1.54) is 11.1 Å². The van der Waals surface area contributed by atoms with Crippen molar-refractivity contribution < 1.29 is 4.52 Å². The molecule has 0 saturated heterocycles. The van der Waals surface area contributed by atoms with E-state index in [-0.39, 0.29) is 5.16 Å². The first-order chi connectivity index (χ1) is 6.40. The Hall–Kier alpha value is -0.550. The van der Waals surface area contributed by atoms with Crippen molar-refractivity contribution in [2.24, 2.45) is 0 Å². The zero-order chi connectivity index (χ0) is 10.8. The summed E-state index contributed by atoms with van der Waals surface area (Å²) < 4.78 is 5.81. The predicted molar refractivity (Wildman–Crippen MR) is 64.6 cm³/mol. The van der Waals surface area contributed by atoms with Crippen LogP contribution in [0.4, 0.5) is 0 Å². The molecule has 0 spiro atoms. The van der Waals surface area contributed by atoms with Crippen molar-refractivity contribution in [2.45, 2.75) is 39.8 Å². The fourth-order valence-corrected chi connectivity index (χ4v) is 1.68. The topological polar surface area (TPSA) is 9.23 Å². The molecule has 1 aromatic rings. The van der Waals surface area contributed by atoms with Crippen LogP contribution in [0.5, 0.6) is 5.75 Å². The van der Waals surface area contributed by atoms with Crippen molar-refractivity contribution in [3.63, 3.8) is 0 Å². The highest BCUT2D eigenvalue weighted by molar-refractivity contribution is 7.34. The lowest BCUT2D eigenvalue weighted by atomic mass is 10.1. The third-order valence-corrected chi connectivity index (χ3v) is 2.96. The van der Waals surface area contributed by atoms with Crippen LogP contribution in [0.15, 0.2) is 18.2 Å². The number of benzene rings is 1. The summed E-state index contributed by atoms with van der Waals surface area (Å²) in [6.45, 7) is 10.8. The summed E-state index contributed by atoms with van der Waals surface area (Å²) >= 11 is 0. The number of rotatable bonds is 2. The molecular weight excluding hydrogens is 191 g/mol. The Bertz CT molecular complexity index is 313. The zero-order valence-electron chi connectivity index (χ0n) is 9.64. The molecule has 0 amide bonds. The molecule has 0 radical (unpaired) electrons. The molecule has 0 bridgehead atoms. The molecule has 1 nitrogen and oxygen atoms in total. The number of aryl methyl sites for hydroxylation is 1. The van der Waals surface area contributed by atoms with Gasteiger partial charge in [-0.25, -0.2) is 0 Å². The largest absolute Gasteiger partial charge is 0.476 e. The van der Waals surface area contributed by atoms with Gasteiger partial charge in [-0.05, 0) is 31.0 Å². The van der Waals surface area contributed by atoms with Gasteiger partial charge in [-0.1, -0.05) is 32.9 Å². The van der Waals surface area contributed by atoms with E-state index in [0.29, 0.717) is 8.81 Å². The van der Waals surface area contributed by atoms with Crippen molar-refractivity contribution in [1.82, 2.24) is 0 Å². The summed E-state index contributed by atoms with van der Waals surface area (Å²) in [6, 6.07) is 6.20. The molecular formula is C12H19OP. The lowest BCUT2D eigenvalue weighted by Gasteiger charge is -2.19. The van der Waals surface area contributed by atoms with Gasteiger partial charge < -0.3 is 4.52 Å². The summed E-state index contributed by atoms with van der Waals surface area (Å²) in [6.07, 6.45) is 0. The lowest BCUT2D eigenvalue weighted by Crippen LogP contribution is -2.07. The second kappa shape index (κ2) is 4.31. The highest BCUT2D eigenvalue weighted by atomic mass is 31.1. The molecule has 0 heterocycles. The van der Waals surface area contributed by atoms with Crippen molar-refractivity contribution >= 4 is 8.81 Å². The highest BCUT2D eigenvalue weighted by Gasteiger charge is 2.12. The zero-order valence-corrected chi connectivity index (χ0v) is 10.6. The Kier molecular flexibility index (Phi) is 3.55. The normalized spacial score (nSPS) is 12.4. The third kappa shape index (κ3) is 3.31. The van der Waals surface area contributed by atoms with Gasteiger partial charge in [0.25, 0.3) is 0 Å². The minimum Gasteiger partial charge on any atom is -0.476 e. The van der Waals surface area contributed by atoms with Gasteiger partial charge in [0.15, 0.2) is 0 Å². The van der Waals surface area contributed by atoms with Crippen LogP contribution in [-0.4, -0.2) is 5.16 Å². The van der Waals surface area contributed by atoms with Gasteiger partial charge in [0, 0.05) is 5.16 Å². The molecule has 1 rings (SSSR count). The minimum atomic E-state index is 0.246. The van der Waals surface area contributed by atoms with Crippen LogP contribution in [0.2, 0.25) is 0 Å². The van der Waals surface area contributed by atoms with Crippen molar-refractivity contribution in [3.05, 3.63) is 29.3 Å². The van der Waals surface area contributed by atoms with Crippen molar-refractivity contribution in [3.8, 4) is 5.75 Å². The standard InChI is InChI=1S/C12H19OP/c1-9-7-6-8-11(10(9)2)13-14-12(3,4)5/h6-8,14H,1-5H3. The van der Waals surface area contributed by atoms with Gasteiger partial charge in [0.2, 0.25) is 0 Å². The van der Waals surface area contributed by atoms with Gasteiger partial charge in [0.1, 0.15) is 5.75 Å². The molecule has 1 atom stereocenters. The molecule has 0 aromatic heterocycles. The van der Waals surface area contributed by atoms with Gasteiger partial charge in [-0.15, -0.1) is 0 Å². The van der Waals surface area contributed by atoms with Gasteiger partial charge >= 0.3 is 0 Å². The minimum absolute atomic E-state index is 0.246.